The lowest BCUT2D eigenvalue weighted by molar-refractivity contribution is -0.131. The Morgan fingerprint density at radius 3 is 2.85 bits per heavy atom. The van der Waals surface area contributed by atoms with E-state index in [2.05, 4.69) is 19.7 Å². The van der Waals surface area contributed by atoms with E-state index in [1.807, 2.05) is 0 Å². The molecule has 0 aliphatic carbocycles. The largest absolute Gasteiger partial charge is 0.478 e. The zero-order valence-corrected chi connectivity index (χ0v) is 10.8. The molecule has 0 aliphatic rings. The van der Waals surface area contributed by atoms with Gasteiger partial charge in [0.05, 0.1) is 18.2 Å². The van der Waals surface area contributed by atoms with Crippen molar-refractivity contribution in [3.8, 4) is 0 Å². The van der Waals surface area contributed by atoms with Crippen LogP contribution in [-0.2, 0) is 14.8 Å². The van der Waals surface area contributed by atoms with Gasteiger partial charge >= 0.3 is 5.97 Å². The molecule has 9 heteroatoms. The van der Waals surface area contributed by atoms with Crippen molar-refractivity contribution in [3.63, 3.8) is 0 Å². The molecule has 2 aromatic rings. The van der Waals surface area contributed by atoms with Gasteiger partial charge < -0.3 is 10.1 Å². The topological polar surface area (TPSA) is 125 Å². The number of nitrogens with one attached hydrogen (secondary N) is 2. The molecule has 0 atom stereocenters. The fourth-order valence-corrected chi connectivity index (χ4v) is 2.25. The fraction of sp³-hybridized carbons (Fsp3) is 0. The Morgan fingerprint density at radius 1 is 1.40 bits per heavy atom. The van der Waals surface area contributed by atoms with Crippen LogP contribution in [0.4, 0.5) is 5.82 Å². The second-order valence-electron chi connectivity index (χ2n) is 3.64. The van der Waals surface area contributed by atoms with Crippen LogP contribution in [0.1, 0.15) is 5.69 Å². The van der Waals surface area contributed by atoms with E-state index in [1.165, 1.54) is 18.5 Å². The number of carbonyl (C=O) groups is 1. The third-order valence-electron chi connectivity index (χ3n) is 2.17. The standard InChI is InChI=1S/C11H10N4O4S/c16-11(17)5-4-8-2-1-3-9(14-8)15-20(18,19)10-6-12-7-13-10/h1-7H,(H,12,13)(H,14,15)(H,16,17). The third-order valence-corrected chi connectivity index (χ3v) is 3.45. The Balaban J connectivity index is 2.22. The smallest absolute Gasteiger partial charge is 0.328 e. The molecule has 2 aromatic heterocycles. The van der Waals surface area contributed by atoms with Crippen molar-refractivity contribution in [1.82, 2.24) is 15.0 Å². The van der Waals surface area contributed by atoms with Crippen molar-refractivity contribution in [2.75, 3.05) is 4.72 Å². The SMILES string of the molecule is O=C(O)C=Cc1cccc(NS(=O)(=O)c2cnc[nH]2)n1. The van der Waals surface area contributed by atoms with E-state index in [0.29, 0.717) is 5.69 Å². The molecule has 0 aliphatic heterocycles. The molecule has 0 spiro atoms. The maximum Gasteiger partial charge on any atom is 0.328 e. The first-order valence-electron chi connectivity index (χ1n) is 5.36. The van der Waals surface area contributed by atoms with Crippen molar-refractivity contribution in [2.24, 2.45) is 0 Å². The molecule has 0 saturated heterocycles. The predicted molar refractivity (Wildman–Crippen MR) is 70.3 cm³/mol. The average molecular weight is 294 g/mol. The van der Waals surface area contributed by atoms with Crippen LogP contribution in [0.15, 0.2) is 41.8 Å². The molecule has 2 rings (SSSR count). The molecular weight excluding hydrogens is 284 g/mol. The Labute approximate surface area is 114 Å². The van der Waals surface area contributed by atoms with E-state index in [4.69, 9.17) is 5.11 Å². The molecule has 104 valence electrons. The van der Waals surface area contributed by atoms with Crippen molar-refractivity contribution in [1.29, 1.82) is 0 Å². The number of anilines is 1. The van der Waals surface area contributed by atoms with E-state index in [0.717, 1.165) is 12.3 Å². The minimum atomic E-state index is -3.79. The van der Waals surface area contributed by atoms with Gasteiger partial charge in [0, 0.05) is 6.08 Å². The maximum absolute atomic E-state index is 11.9. The van der Waals surface area contributed by atoms with Gasteiger partial charge in [0.2, 0.25) is 0 Å². The van der Waals surface area contributed by atoms with Crippen LogP contribution in [0.25, 0.3) is 6.08 Å². The summed E-state index contributed by atoms with van der Waals surface area (Å²) in [6, 6.07) is 4.55. The maximum atomic E-state index is 11.9. The number of rotatable bonds is 5. The van der Waals surface area contributed by atoms with E-state index in [9.17, 15) is 13.2 Å². The van der Waals surface area contributed by atoms with Crippen molar-refractivity contribution >= 4 is 27.9 Å². The quantitative estimate of drug-likeness (QED) is 0.697. The van der Waals surface area contributed by atoms with Crippen LogP contribution in [0.2, 0.25) is 0 Å². The summed E-state index contributed by atoms with van der Waals surface area (Å²) in [5.41, 5.74) is 0.317. The fourth-order valence-electron chi connectivity index (χ4n) is 1.34. The van der Waals surface area contributed by atoms with Gasteiger partial charge in [-0.3, -0.25) is 4.72 Å². The first-order chi connectivity index (χ1) is 9.47. The molecule has 0 bridgehead atoms. The Morgan fingerprint density at radius 2 is 2.20 bits per heavy atom. The first kappa shape index (κ1) is 13.7. The van der Waals surface area contributed by atoms with Crippen LogP contribution < -0.4 is 4.72 Å². The predicted octanol–water partition coefficient (Wildman–Crippen LogP) is 0.703. The Kier molecular flexibility index (Phi) is 3.80. The number of hydrogen-bond donors (Lipinski definition) is 3. The Hall–Kier alpha value is -2.68. The van der Waals surface area contributed by atoms with Crippen LogP contribution in [0, 0.1) is 0 Å². The van der Waals surface area contributed by atoms with E-state index >= 15 is 0 Å². The summed E-state index contributed by atoms with van der Waals surface area (Å²) < 4.78 is 26.1. The molecule has 20 heavy (non-hydrogen) atoms. The molecular formula is C11H10N4O4S. The summed E-state index contributed by atoms with van der Waals surface area (Å²) in [4.78, 5) is 20.5. The molecule has 0 radical (unpaired) electrons. The highest BCUT2D eigenvalue weighted by atomic mass is 32.2. The van der Waals surface area contributed by atoms with E-state index in [-0.39, 0.29) is 10.8 Å². The highest BCUT2D eigenvalue weighted by Crippen LogP contribution is 2.12. The van der Waals surface area contributed by atoms with E-state index in [1.54, 1.807) is 12.1 Å². The number of imidazole rings is 1. The lowest BCUT2D eigenvalue weighted by Gasteiger charge is -2.05. The van der Waals surface area contributed by atoms with Gasteiger partial charge in [-0.1, -0.05) is 6.07 Å². The molecule has 0 aromatic carbocycles. The monoisotopic (exact) mass is 294 g/mol. The number of nitrogens with zero attached hydrogens (tertiary/aromatic N) is 2. The summed E-state index contributed by atoms with van der Waals surface area (Å²) in [5, 5.41) is 8.43. The second kappa shape index (κ2) is 5.53. The number of aromatic amines is 1. The number of aliphatic carboxylic acids is 1. The Bertz CT molecular complexity index is 738. The van der Waals surface area contributed by atoms with Gasteiger partial charge in [-0.2, -0.15) is 8.42 Å². The molecule has 8 nitrogen and oxygen atoms in total. The molecule has 0 fully saturated rings. The minimum absolute atomic E-state index is 0.0761. The van der Waals surface area contributed by atoms with Gasteiger partial charge in [-0.25, -0.2) is 14.8 Å². The highest BCUT2D eigenvalue weighted by molar-refractivity contribution is 7.92. The van der Waals surface area contributed by atoms with Gasteiger partial charge in [0.1, 0.15) is 5.82 Å². The van der Waals surface area contributed by atoms with Gasteiger partial charge in [0.15, 0.2) is 5.03 Å². The van der Waals surface area contributed by atoms with Crippen LogP contribution >= 0.6 is 0 Å². The highest BCUT2D eigenvalue weighted by Gasteiger charge is 2.16. The van der Waals surface area contributed by atoms with E-state index < -0.39 is 16.0 Å². The summed E-state index contributed by atoms with van der Waals surface area (Å²) in [5.74, 6) is -1.04. The zero-order chi connectivity index (χ0) is 14.6. The van der Waals surface area contributed by atoms with Crippen LogP contribution in [0.3, 0.4) is 0 Å². The average Bonchev–Trinajstić information content (AvgIpc) is 2.91. The van der Waals surface area contributed by atoms with Crippen LogP contribution in [-0.4, -0.2) is 34.4 Å². The van der Waals surface area contributed by atoms with Gasteiger partial charge in [-0.05, 0) is 18.2 Å². The zero-order valence-electron chi connectivity index (χ0n) is 10.0. The summed E-state index contributed by atoms with van der Waals surface area (Å²) >= 11 is 0. The number of hydrogen-bond acceptors (Lipinski definition) is 5. The molecule has 0 amide bonds. The van der Waals surface area contributed by atoms with Crippen molar-refractivity contribution in [3.05, 3.63) is 42.5 Å². The summed E-state index contributed by atoms with van der Waals surface area (Å²) in [6.45, 7) is 0. The molecule has 3 N–H and O–H groups in total. The summed E-state index contributed by atoms with van der Waals surface area (Å²) in [6.07, 6.45) is 4.58. The van der Waals surface area contributed by atoms with Gasteiger partial charge in [-0.15, -0.1) is 0 Å². The number of carboxylic acids is 1. The number of pyridine rings is 1. The molecule has 2 heterocycles. The number of H-pyrrole nitrogens is 1. The third kappa shape index (κ3) is 3.42. The lowest BCUT2D eigenvalue weighted by atomic mass is 10.3. The lowest BCUT2D eigenvalue weighted by Crippen LogP contribution is -2.14. The molecule has 0 unspecified atom stereocenters. The number of aromatic nitrogens is 3. The van der Waals surface area contributed by atoms with Crippen LogP contribution in [0.5, 0.6) is 0 Å². The number of sulfonamides is 1. The summed E-state index contributed by atoms with van der Waals surface area (Å²) in [7, 11) is -3.79. The minimum Gasteiger partial charge on any atom is -0.478 e. The van der Waals surface area contributed by atoms with Gasteiger partial charge in [0.25, 0.3) is 10.0 Å². The van der Waals surface area contributed by atoms with Crippen molar-refractivity contribution < 1.29 is 18.3 Å². The van der Waals surface area contributed by atoms with Crippen molar-refractivity contribution in [2.45, 2.75) is 5.03 Å². The molecule has 0 saturated carbocycles. The number of carboxylic acid groups (broad SMARTS) is 1. The normalized spacial score (nSPS) is 11.6. The first-order valence-corrected chi connectivity index (χ1v) is 6.85. The second-order valence-corrected chi connectivity index (χ2v) is 5.29.